The number of carbonyl (C=O) groups excluding carboxylic acids is 3. The summed E-state index contributed by atoms with van der Waals surface area (Å²) in [5.41, 5.74) is 0.0174. The Morgan fingerprint density at radius 1 is 1.15 bits per heavy atom. The molecule has 9 heteroatoms. The highest BCUT2D eigenvalue weighted by Gasteiger charge is 2.47. The molecule has 0 spiro atoms. The number of benzene rings is 2. The lowest BCUT2D eigenvalue weighted by atomic mass is 9.85. The number of hydrogen-bond donors (Lipinski definition) is 2. The number of esters is 1. The molecule has 2 aromatic carbocycles. The van der Waals surface area contributed by atoms with Crippen LogP contribution >= 0.6 is 11.6 Å². The summed E-state index contributed by atoms with van der Waals surface area (Å²) in [5, 5.41) is 5.68. The molecule has 0 unspecified atom stereocenters. The highest BCUT2D eigenvalue weighted by atomic mass is 35.5. The average molecular weight is 491 g/mol. The van der Waals surface area contributed by atoms with Crippen molar-refractivity contribution in [3.05, 3.63) is 63.9 Å². The van der Waals surface area contributed by atoms with Crippen molar-refractivity contribution in [2.24, 2.45) is 0 Å². The van der Waals surface area contributed by atoms with Crippen LogP contribution in [-0.4, -0.2) is 42.0 Å². The van der Waals surface area contributed by atoms with E-state index in [1.807, 2.05) is 13.8 Å². The minimum atomic E-state index is -1.02. The van der Waals surface area contributed by atoms with Crippen molar-refractivity contribution < 1.29 is 28.2 Å². The van der Waals surface area contributed by atoms with Gasteiger partial charge in [-0.05, 0) is 57.2 Å². The molecule has 7 nitrogen and oxygen atoms in total. The van der Waals surface area contributed by atoms with Crippen molar-refractivity contribution in [1.29, 1.82) is 0 Å². The van der Waals surface area contributed by atoms with Crippen molar-refractivity contribution in [3.63, 3.8) is 0 Å². The van der Waals surface area contributed by atoms with Crippen LogP contribution < -0.4 is 15.4 Å². The van der Waals surface area contributed by atoms with Crippen LogP contribution in [0, 0.1) is 5.82 Å². The maximum atomic E-state index is 13.6. The molecule has 0 bridgehead atoms. The first-order chi connectivity index (χ1) is 15.9. The third-order valence-electron chi connectivity index (χ3n) is 5.49. The first-order valence-electron chi connectivity index (χ1n) is 10.9. The van der Waals surface area contributed by atoms with Crippen molar-refractivity contribution in [2.45, 2.75) is 58.4 Å². The minimum absolute atomic E-state index is 0.0289. The molecule has 1 aliphatic rings. The zero-order valence-corrected chi connectivity index (χ0v) is 20.5. The highest BCUT2D eigenvalue weighted by molar-refractivity contribution is 6.31. The van der Waals surface area contributed by atoms with E-state index in [-0.39, 0.29) is 29.0 Å². The van der Waals surface area contributed by atoms with E-state index in [0.29, 0.717) is 16.9 Å². The third kappa shape index (κ3) is 5.74. The lowest BCUT2D eigenvalue weighted by molar-refractivity contribution is -0.164. The highest BCUT2D eigenvalue weighted by Crippen LogP contribution is 2.42. The Labute approximate surface area is 203 Å². The molecule has 1 heterocycles. The van der Waals surface area contributed by atoms with Gasteiger partial charge >= 0.3 is 5.97 Å². The monoisotopic (exact) mass is 490 g/mol. The maximum absolute atomic E-state index is 13.6. The van der Waals surface area contributed by atoms with Gasteiger partial charge in [0.1, 0.15) is 17.2 Å². The Balaban J connectivity index is 2.01. The molecule has 3 rings (SSSR count). The topological polar surface area (TPSA) is 93.7 Å². The Hall–Kier alpha value is -2.97. The average Bonchev–Trinajstić information content (AvgIpc) is 2.75. The number of carbonyl (C=O) groups is 3. The van der Waals surface area contributed by atoms with Crippen LogP contribution in [-0.2, 0) is 9.53 Å². The second-order valence-corrected chi connectivity index (χ2v) is 9.45. The SMILES string of the molecule is CC(=O)c1ccc2c(c1)[C@H](NC(=O)c1ccc(F)c(Cl)c1)[C@H](OC(=O)CNC(C)C)C(C)(C)O2. The van der Waals surface area contributed by atoms with Crippen LogP contribution in [0.3, 0.4) is 0 Å². The fraction of sp³-hybridized carbons (Fsp3) is 0.400. The Bertz CT molecular complexity index is 1120. The predicted octanol–water partition coefficient (Wildman–Crippen LogP) is 4.23. The summed E-state index contributed by atoms with van der Waals surface area (Å²) in [4.78, 5) is 37.7. The molecule has 182 valence electrons. The number of fused-ring (bicyclic) bond motifs is 1. The zero-order chi connectivity index (χ0) is 25.2. The smallest absolute Gasteiger partial charge is 0.320 e. The van der Waals surface area contributed by atoms with Gasteiger partial charge in [0.15, 0.2) is 11.9 Å². The van der Waals surface area contributed by atoms with Crippen LogP contribution in [0.2, 0.25) is 5.02 Å². The van der Waals surface area contributed by atoms with Gasteiger partial charge < -0.3 is 20.1 Å². The standard InChI is InChI=1S/C25H28ClFN2O5/c1-13(2)28-12-21(31)33-23-22(29-24(32)16-6-8-19(27)18(26)11-16)17-10-15(14(3)30)7-9-20(17)34-25(23,4)5/h6-11,13,22-23,28H,12H2,1-5H3,(H,29,32)/t22-,23-/m0/s1. The van der Waals surface area contributed by atoms with Gasteiger partial charge in [0.2, 0.25) is 0 Å². The van der Waals surface area contributed by atoms with Gasteiger partial charge in [-0.15, -0.1) is 0 Å². The second kappa shape index (κ2) is 10.1. The summed E-state index contributed by atoms with van der Waals surface area (Å²) in [5.74, 6) is -1.44. The molecule has 2 aromatic rings. The van der Waals surface area contributed by atoms with E-state index in [4.69, 9.17) is 21.1 Å². The van der Waals surface area contributed by atoms with Gasteiger partial charge in [0, 0.05) is 22.7 Å². The Morgan fingerprint density at radius 3 is 2.44 bits per heavy atom. The van der Waals surface area contributed by atoms with E-state index in [9.17, 15) is 18.8 Å². The summed E-state index contributed by atoms with van der Waals surface area (Å²) in [6, 6.07) is 7.75. The third-order valence-corrected chi connectivity index (χ3v) is 5.78. The molecule has 0 fully saturated rings. The largest absolute Gasteiger partial charge is 0.484 e. The lowest BCUT2D eigenvalue weighted by Gasteiger charge is -2.44. The van der Waals surface area contributed by atoms with E-state index >= 15 is 0 Å². The van der Waals surface area contributed by atoms with Gasteiger partial charge in [-0.3, -0.25) is 14.4 Å². The Kier molecular flexibility index (Phi) is 7.63. The summed E-state index contributed by atoms with van der Waals surface area (Å²) in [6.45, 7) is 8.69. The van der Waals surface area contributed by atoms with E-state index < -0.39 is 35.4 Å². The van der Waals surface area contributed by atoms with Crippen molar-refractivity contribution >= 4 is 29.3 Å². The summed E-state index contributed by atoms with van der Waals surface area (Å²) < 4.78 is 25.5. The summed E-state index contributed by atoms with van der Waals surface area (Å²) in [6.07, 6.45) is -0.927. The number of amides is 1. The van der Waals surface area contributed by atoms with Gasteiger partial charge in [-0.25, -0.2) is 4.39 Å². The van der Waals surface area contributed by atoms with Gasteiger partial charge in [-0.1, -0.05) is 25.4 Å². The van der Waals surface area contributed by atoms with Crippen LogP contribution in [0.15, 0.2) is 36.4 Å². The number of hydrogen-bond acceptors (Lipinski definition) is 6. The summed E-state index contributed by atoms with van der Waals surface area (Å²) >= 11 is 5.85. The van der Waals surface area contributed by atoms with E-state index in [1.54, 1.807) is 32.0 Å². The van der Waals surface area contributed by atoms with Crippen molar-refractivity contribution in [3.8, 4) is 5.75 Å². The van der Waals surface area contributed by atoms with Crippen LogP contribution in [0.4, 0.5) is 4.39 Å². The van der Waals surface area contributed by atoms with Gasteiger partial charge in [0.05, 0.1) is 17.6 Å². The molecular formula is C25H28ClFN2O5. The number of halogens is 2. The fourth-order valence-electron chi connectivity index (χ4n) is 3.71. The van der Waals surface area contributed by atoms with Crippen molar-refractivity contribution in [2.75, 3.05) is 6.54 Å². The van der Waals surface area contributed by atoms with E-state index in [0.717, 1.165) is 6.07 Å². The molecule has 0 saturated carbocycles. The lowest BCUT2D eigenvalue weighted by Crippen LogP contribution is -2.56. The number of ether oxygens (including phenoxy) is 2. The molecule has 0 saturated heterocycles. The van der Waals surface area contributed by atoms with E-state index in [2.05, 4.69) is 10.6 Å². The number of Topliss-reactive ketones (excluding diaryl/α,β-unsaturated/α-hetero) is 1. The molecule has 1 amide bonds. The van der Waals surface area contributed by atoms with Crippen LogP contribution in [0.1, 0.15) is 66.9 Å². The molecule has 1 aliphatic heterocycles. The number of ketones is 1. The number of rotatable bonds is 7. The molecular weight excluding hydrogens is 463 g/mol. The van der Waals surface area contributed by atoms with Crippen LogP contribution in [0.25, 0.3) is 0 Å². The predicted molar refractivity (Wildman–Crippen MR) is 126 cm³/mol. The molecule has 2 N–H and O–H groups in total. The molecule has 0 aromatic heterocycles. The van der Waals surface area contributed by atoms with Crippen molar-refractivity contribution in [1.82, 2.24) is 10.6 Å². The van der Waals surface area contributed by atoms with E-state index in [1.165, 1.54) is 19.1 Å². The Morgan fingerprint density at radius 2 is 1.82 bits per heavy atom. The minimum Gasteiger partial charge on any atom is -0.484 e. The van der Waals surface area contributed by atoms with Gasteiger partial charge in [-0.2, -0.15) is 0 Å². The molecule has 0 radical (unpaired) electrons. The normalized spacial score (nSPS) is 18.6. The van der Waals surface area contributed by atoms with Crippen LogP contribution in [0.5, 0.6) is 5.75 Å². The molecule has 2 atom stereocenters. The number of nitrogens with one attached hydrogen (secondary N) is 2. The maximum Gasteiger partial charge on any atom is 0.320 e. The second-order valence-electron chi connectivity index (χ2n) is 9.04. The summed E-state index contributed by atoms with van der Waals surface area (Å²) in [7, 11) is 0. The first kappa shape index (κ1) is 25.6. The first-order valence-corrected chi connectivity index (χ1v) is 11.3. The molecule has 0 aliphatic carbocycles. The molecule has 34 heavy (non-hydrogen) atoms. The zero-order valence-electron chi connectivity index (χ0n) is 19.7. The quantitative estimate of drug-likeness (QED) is 0.445. The fourth-order valence-corrected chi connectivity index (χ4v) is 3.89. The van der Waals surface area contributed by atoms with Gasteiger partial charge in [0.25, 0.3) is 5.91 Å².